The van der Waals surface area contributed by atoms with Crippen molar-refractivity contribution < 1.29 is 8.42 Å². The summed E-state index contributed by atoms with van der Waals surface area (Å²) in [5, 5.41) is 0.951. The van der Waals surface area contributed by atoms with Crippen LogP contribution in [0.25, 0.3) is 11.0 Å². The topological polar surface area (TPSA) is 63.2 Å². The number of nitrogens with zero attached hydrogens (tertiary/aromatic N) is 3. The largest absolute Gasteiger partial charge is 0.237 e. The zero-order valence-electron chi connectivity index (χ0n) is 10.00. The number of hydrogen-bond donors (Lipinski definition) is 0. The van der Waals surface area contributed by atoms with E-state index in [0.717, 1.165) is 22.3 Å². The average molecular weight is 263 g/mol. The number of aromatic nitrogens is 2. The molecule has 5 nitrogen and oxygen atoms in total. The number of sulfonamides is 1. The Morgan fingerprint density at radius 2 is 2.22 bits per heavy atom. The first-order valence-corrected chi connectivity index (χ1v) is 7.57. The molecule has 0 aliphatic carbocycles. The van der Waals surface area contributed by atoms with Crippen molar-refractivity contribution in [1.29, 1.82) is 0 Å². The highest BCUT2D eigenvalue weighted by Crippen LogP contribution is 2.22. The first-order valence-electron chi connectivity index (χ1n) is 5.73. The van der Waals surface area contributed by atoms with Crippen LogP contribution in [-0.4, -0.2) is 35.5 Å². The molecule has 0 radical (unpaired) electrons. The summed E-state index contributed by atoms with van der Waals surface area (Å²) in [5.41, 5.74) is 2.66. The lowest BCUT2D eigenvalue weighted by atomic mass is 10.1. The zero-order chi connectivity index (χ0) is 12.8. The van der Waals surface area contributed by atoms with Crippen molar-refractivity contribution >= 4 is 21.1 Å². The van der Waals surface area contributed by atoms with Gasteiger partial charge in [0.25, 0.3) is 0 Å². The number of pyridine rings is 2. The SMILES string of the molecule is CS(=O)(=O)N1CCc2nc3ncccc3cc2C1. The summed E-state index contributed by atoms with van der Waals surface area (Å²) in [5.74, 6) is 0. The van der Waals surface area contributed by atoms with Crippen LogP contribution < -0.4 is 0 Å². The Morgan fingerprint density at radius 1 is 1.39 bits per heavy atom. The minimum absolute atomic E-state index is 0.409. The highest BCUT2D eigenvalue weighted by atomic mass is 32.2. The molecule has 0 fully saturated rings. The Bertz CT molecular complexity index is 712. The van der Waals surface area contributed by atoms with E-state index in [-0.39, 0.29) is 0 Å². The molecule has 2 aromatic rings. The van der Waals surface area contributed by atoms with E-state index in [1.807, 2.05) is 18.2 Å². The predicted molar refractivity (Wildman–Crippen MR) is 68.5 cm³/mol. The van der Waals surface area contributed by atoms with Gasteiger partial charge in [0.2, 0.25) is 10.0 Å². The summed E-state index contributed by atoms with van der Waals surface area (Å²) in [4.78, 5) is 8.71. The Hall–Kier alpha value is -1.53. The molecule has 3 rings (SSSR count). The van der Waals surface area contributed by atoms with Crippen molar-refractivity contribution in [3.8, 4) is 0 Å². The van der Waals surface area contributed by atoms with Gasteiger partial charge < -0.3 is 0 Å². The van der Waals surface area contributed by atoms with Gasteiger partial charge in [0.05, 0.1) is 6.26 Å². The van der Waals surface area contributed by atoms with Crippen molar-refractivity contribution in [1.82, 2.24) is 14.3 Å². The fraction of sp³-hybridized carbons (Fsp3) is 0.333. The molecule has 1 aliphatic rings. The van der Waals surface area contributed by atoms with Crippen LogP contribution >= 0.6 is 0 Å². The first-order chi connectivity index (χ1) is 8.54. The lowest BCUT2D eigenvalue weighted by Crippen LogP contribution is -2.35. The maximum Gasteiger partial charge on any atom is 0.211 e. The molecule has 94 valence electrons. The predicted octanol–water partition coefficient (Wildman–Crippen LogP) is 0.947. The molecule has 0 atom stereocenters. The Morgan fingerprint density at radius 3 is 3.00 bits per heavy atom. The minimum atomic E-state index is -3.13. The summed E-state index contributed by atoms with van der Waals surface area (Å²) in [7, 11) is -3.13. The molecule has 0 bridgehead atoms. The normalized spacial score (nSPS) is 16.7. The second-order valence-electron chi connectivity index (χ2n) is 4.49. The lowest BCUT2D eigenvalue weighted by Gasteiger charge is -2.26. The Kier molecular flexibility index (Phi) is 2.57. The van der Waals surface area contributed by atoms with Gasteiger partial charge in [-0.2, -0.15) is 4.31 Å². The summed E-state index contributed by atoms with van der Waals surface area (Å²) in [6.07, 6.45) is 3.61. The van der Waals surface area contributed by atoms with Gasteiger partial charge in [-0.05, 0) is 23.8 Å². The van der Waals surface area contributed by atoms with E-state index in [9.17, 15) is 8.42 Å². The van der Waals surface area contributed by atoms with Gasteiger partial charge in [-0.1, -0.05) is 0 Å². The molecule has 0 amide bonds. The second kappa shape index (κ2) is 4.00. The van der Waals surface area contributed by atoms with Gasteiger partial charge in [0, 0.05) is 36.8 Å². The van der Waals surface area contributed by atoms with Gasteiger partial charge in [-0.25, -0.2) is 18.4 Å². The van der Waals surface area contributed by atoms with E-state index in [0.29, 0.717) is 19.5 Å². The maximum absolute atomic E-state index is 11.6. The molecule has 0 saturated heterocycles. The van der Waals surface area contributed by atoms with E-state index in [2.05, 4.69) is 9.97 Å². The van der Waals surface area contributed by atoms with Crippen LogP contribution in [0.15, 0.2) is 24.4 Å². The van der Waals surface area contributed by atoms with Gasteiger partial charge in [-0.15, -0.1) is 0 Å². The minimum Gasteiger partial charge on any atom is -0.237 e. The summed E-state index contributed by atoms with van der Waals surface area (Å²) < 4.78 is 24.6. The number of fused-ring (bicyclic) bond motifs is 2. The third-order valence-electron chi connectivity index (χ3n) is 3.17. The molecular formula is C12H13N3O2S. The highest BCUT2D eigenvalue weighted by molar-refractivity contribution is 7.88. The van der Waals surface area contributed by atoms with Crippen LogP contribution in [0.3, 0.4) is 0 Å². The van der Waals surface area contributed by atoms with Gasteiger partial charge in [0.15, 0.2) is 5.65 Å². The van der Waals surface area contributed by atoms with Crippen molar-refractivity contribution in [3.63, 3.8) is 0 Å². The molecule has 0 spiro atoms. The third-order valence-corrected chi connectivity index (χ3v) is 4.42. The summed E-state index contributed by atoms with van der Waals surface area (Å²) in [6.45, 7) is 0.906. The van der Waals surface area contributed by atoms with Crippen molar-refractivity contribution in [2.75, 3.05) is 12.8 Å². The van der Waals surface area contributed by atoms with E-state index < -0.39 is 10.0 Å². The molecule has 1 aliphatic heterocycles. The van der Waals surface area contributed by atoms with Crippen LogP contribution in [0, 0.1) is 0 Å². The smallest absolute Gasteiger partial charge is 0.211 e. The fourth-order valence-corrected chi connectivity index (χ4v) is 3.02. The van der Waals surface area contributed by atoms with Crippen LogP contribution in [0.1, 0.15) is 11.3 Å². The highest BCUT2D eigenvalue weighted by Gasteiger charge is 2.24. The Labute approximate surface area is 106 Å². The average Bonchev–Trinajstić information content (AvgIpc) is 2.34. The van der Waals surface area contributed by atoms with E-state index in [1.54, 1.807) is 6.20 Å². The van der Waals surface area contributed by atoms with Crippen LogP contribution in [0.2, 0.25) is 0 Å². The lowest BCUT2D eigenvalue weighted by molar-refractivity contribution is 0.392. The quantitative estimate of drug-likeness (QED) is 0.768. The molecule has 0 unspecified atom stereocenters. The monoisotopic (exact) mass is 263 g/mol. The van der Waals surface area contributed by atoms with Crippen molar-refractivity contribution in [2.45, 2.75) is 13.0 Å². The van der Waals surface area contributed by atoms with Gasteiger partial charge >= 0.3 is 0 Å². The number of rotatable bonds is 1. The Balaban J connectivity index is 2.08. The molecule has 0 N–H and O–H groups in total. The first kappa shape index (κ1) is 11.6. The van der Waals surface area contributed by atoms with E-state index >= 15 is 0 Å². The molecule has 18 heavy (non-hydrogen) atoms. The van der Waals surface area contributed by atoms with E-state index in [1.165, 1.54) is 10.6 Å². The van der Waals surface area contributed by atoms with Crippen molar-refractivity contribution in [2.24, 2.45) is 0 Å². The summed E-state index contributed by atoms with van der Waals surface area (Å²) >= 11 is 0. The molecule has 6 heteroatoms. The molecule has 3 heterocycles. The van der Waals surface area contributed by atoms with Crippen LogP contribution in [0.5, 0.6) is 0 Å². The van der Waals surface area contributed by atoms with Gasteiger partial charge in [0.1, 0.15) is 0 Å². The van der Waals surface area contributed by atoms with Crippen molar-refractivity contribution in [3.05, 3.63) is 35.7 Å². The fourth-order valence-electron chi connectivity index (χ4n) is 2.22. The molecular weight excluding hydrogens is 250 g/mol. The van der Waals surface area contributed by atoms with E-state index in [4.69, 9.17) is 0 Å². The maximum atomic E-state index is 11.6. The molecule has 0 saturated carbocycles. The standard InChI is InChI=1S/C12H13N3O2S/c1-18(16,17)15-6-4-11-10(8-15)7-9-3-2-5-13-12(9)14-11/h2-3,5,7H,4,6,8H2,1H3. The van der Waals surface area contributed by atoms with Crippen LogP contribution in [0.4, 0.5) is 0 Å². The van der Waals surface area contributed by atoms with Crippen LogP contribution in [-0.2, 0) is 23.0 Å². The second-order valence-corrected chi connectivity index (χ2v) is 6.47. The number of hydrogen-bond acceptors (Lipinski definition) is 4. The zero-order valence-corrected chi connectivity index (χ0v) is 10.8. The molecule has 0 aromatic carbocycles. The van der Waals surface area contributed by atoms with Gasteiger partial charge in [-0.3, -0.25) is 0 Å². The summed E-state index contributed by atoms with van der Waals surface area (Å²) in [6, 6.07) is 5.78. The third kappa shape index (κ3) is 1.97. The molecule has 2 aromatic heterocycles.